The molecule has 0 radical (unpaired) electrons. The fraction of sp³-hybridized carbons (Fsp3) is 0.381. The predicted molar refractivity (Wildman–Crippen MR) is 114 cm³/mol. The highest BCUT2D eigenvalue weighted by Crippen LogP contribution is 2.32. The van der Waals surface area contributed by atoms with Gasteiger partial charge in [0.2, 0.25) is 15.9 Å². The highest BCUT2D eigenvalue weighted by molar-refractivity contribution is 7.89. The Morgan fingerprint density at radius 2 is 1.80 bits per heavy atom. The molecule has 0 saturated carbocycles. The van der Waals surface area contributed by atoms with Crippen LogP contribution in [0.2, 0.25) is 5.02 Å². The number of nitrogens with zero attached hydrogens (tertiary/aromatic N) is 1. The smallest absolute Gasteiger partial charge is 0.241 e. The minimum atomic E-state index is -3.83. The molecule has 0 spiro atoms. The first-order chi connectivity index (χ1) is 14.3. The maximum absolute atomic E-state index is 14.5. The summed E-state index contributed by atoms with van der Waals surface area (Å²) < 4.78 is 41.8. The maximum Gasteiger partial charge on any atom is 0.241 e. The van der Waals surface area contributed by atoms with Crippen LogP contribution in [0, 0.1) is 5.82 Å². The fourth-order valence-electron chi connectivity index (χ4n) is 3.60. The Morgan fingerprint density at radius 3 is 2.43 bits per heavy atom. The van der Waals surface area contributed by atoms with E-state index in [0.717, 1.165) is 25.9 Å². The second kappa shape index (κ2) is 9.87. The Balaban J connectivity index is 1.70. The van der Waals surface area contributed by atoms with Gasteiger partial charge in [0.25, 0.3) is 0 Å². The van der Waals surface area contributed by atoms with E-state index in [1.165, 1.54) is 25.1 Å². The summed E-state index contributed by atoms with van der Waals surface area (Å²) in [6, 6.07) is 10.9. The number of carbonyl (C=O) groups is 1. The van der Waals surface area contributed by atoms with E-state index in [1.54, 1.807) is 30.3 Å². The van der Waals surface area contributed by atoms with E-state index >= 15 is 0 Å². The van der Waals surface area contributed by atoms with E-state index in [9.17, 15) is 17.6 Å². The molecule has 1 heterocycles. The zero-order valence-electron chi connectivity index (χ0n) is 16.6. The Morgan fingerprint density at radius 1 is 1.13 bits per heavy atom. The number of nitrogens with one attached hydrogen (secondary N) is 2. The van der Waals surface area contributed by atoms with Gasteiger partial charge in [-0.05, 0) is 57.1 Å². The van der Waals surface area contributed by atoms with Crippen LogP contribution in [0.5, 0.6) is 0 Å². The largest absolute Gasteiger partial charge is 0.353 e. The number of carbonyl (C=O) groups excluding carboxylic acids is 1. The molecule has 1 fully saturated rings. The molecule has 6 nitrogen and oxygen atoms in total. The lowest BCUT2D eigenvalue weighted by Crippen LogP contribution is -2.47. The molecule has 1 saturated heterocycles. The van der Waals surface area contributed by atoms with Crippen molar-refractivity contribution in [1.29, 1.82) is 0 Å². The fourth-order valence-corrected chi connectivity index (χ4v) is 5.11. The third-order valence-corrected chi connectivity index (χ3v) is 7.05. The van der Waals surface area contributed by atoms with Crippen LogP contribution in [0.15, 0.2) is 53.4 Å². The van der Waals surface area contributed by atoms with E-state index < -0.39 is 33.8 Å². The molecule has 1 aliphatic heterocycles. The molecule has 2 aromatic carbocycles. The van der Waals surface area contributed by atoms with E-state index in [-0.39, 0.29) is 11.4 Å². The number of benzene rings is 2. The average Bonchev–Trinajstić information content (AvgIpc) is 3.24. The lowest BCUT2D eigenvalue weighted by Gasteiger charge is -2.29. The second-order valence-electron chi connectivity index (χ2n) is 7.30. The Kier molecular flexibility index (Phi) is 7.46. The van der Waals surface area contributed by atoms with Crippen molar-refractivity contribution in [3.05, 3.63) is 64.9 Å². The van der Waals surface area contributed by atoms with E-state index in [4.69, 9.17) is 11.6 Å². The molecular weight excluding hydrogens is 429 g/mol. The van der Waals surface area contributed by atoms with Crippen LogP contribution in [0.3, 0.4) is 0 Å². The first-order valence-corrected chi connectivity index (χ1v) is 11.7. The molecule has 0 bridgehead atoms. The normalized spacial score (nSPS) is 16.9. The molecule has 0 aliphatic carbocycles. The lowest BCUT2D eigenvalue weighted by molar-refractivity contribution is -0.122. The van der Waals surface area contributed by atoms with Crippen LogP contribution in [0.1, 0.15) is 31.4 Å². The van der Waals surface area contributed by atoms with Gasteiger partial charge in [-0.25, -0.2) is 12.8 Å². The predicted octanol–water partition coefficient (Wildman–Crippen LogP) is 3.10. The first-order valence-electron chi connectivity index (χ1n) is 9.82. The van der Waals surface area contributed by atoms with Crippen molar-refractivity contribution in [2.45, 2.75) is 36.7 Å². The van der Waals surface area contributed by atoms with E-state index in [2.05, 4.69) is 14.9 Å². The highest BCUT2D eigenvalue weighted by atomic mass is 35.5. The summed E-state index contributed by atoms with van der Waals surface area (Å²) in [4.78, 5) is 14.8. The monoisotopic (exact) mass is 453 g/mol. The number of rotatable bonds is 8. The summed E-state index contributed by atoms with van der Waals surface area (Å²) in [6.45, 7) is 3.15. The van der Waals surface area contributed by atoms with Gasteiger partial charge in [-0.15, -0.1) is 0 Å². The first kappa shape index (κ1) is 22.7. The minimum Gasteiger partial charge on any atom is -0.353 e. The molecule has 2 atom stereocenters. The summed E-state index contributed by atoms with van der Waals surface area (Å²) in [5, 5.41) is 3.06. The van der Waals surface area contributed by atoms with Gasteiger partial charge in [-0.3, -0.25) is 9.69 Å². The Labute approximate surface area is 181 Å². The molecule has 9 heteroatoms. The number of halogens is 2. The van der Waals surface area contributed by atoms with Crippen molar-refractivity contribution in [3.63, 3.8) is 0 Å². The molecule has 2 N–H and O–H groups in total. The summed E-state index contributed by atoms with van der Waals surface area (Å²) >= 11 is 6.26. The van der Waals surface area contributed by atoms with Crippen LogP contribution in [0.4, 0.5) is 4.39 Å². The van der Waals surface area contributed by atoms with Crippen molar-refractivity contribution in [2.75, 3.05) is 19.6 Å². The molecule has 1 unspecified atom stereocenters. The van der Waals surface area contributed by atoms with Crippen molar-refractivity contribution < 1.29 is 17.6 Å². The standard InChI is InChI=1S/C21H25ClFN3O3S/c1-15(25-30(28,29)16-8-3-2-4-9-16)21(27)24-14-19(26-12-5-6-13-26)20-17(22)10-7-11-18(20)23/h2-4,7-11,15,19,25H,5-6,12-14H2,1H3,(H,24,27)/t15-,19?/m0/s1. The number of sulfonamides is 1. The third-order valence-electron chi connectivity index (χ3n) is 5.16. The van der Waals surface area contributed by atoms with Gasteiger partial charge in [0.1, 0.15) is 5.82 Å². The quantitative estimate of drug-likeness (QED) is 0.643. The molecule has 162 valence electrons. The van der Waals surface area contributed by atoms with E-state index in [1.807, 2.05) is 0 Å². The highest BCUT2D eigenvalue weighted by Gasteiger charge is 2.29. The summed E-state index contributed by atoms with van der Waals surface area (Å²) in [6.07, 6.45) is 1.98. The summed E-state index contributed by atoms with van der Waals surface area (Å²) in [5.74, 6) is -0.919. The van der Waals surface area contributed by atoms with Gasteiger partial charge in [0.05, 0.1) is 17.0 Å². The maximum atomic E-state index is 14.5. The minimum absolute atomic E-state index is 0.0812. The molecule has 3 rings (SSSR count). The SMILES string of the molecule is C[C@H](NS(=O)(=O)c1ccccc1)C(=O)NCC(c1c(F)cccc1Cl)N1CCCC1. The molecule has 1 amide bonds. The van der Waals surface area contributed by atoms with Gasteiger partial charge in [0, 0.05) is 17.1 Å². The number of amides is 1. The van der Waals surface area contributed by atoms with Crippen LogP contribution in [-0.2, 0) is 14.8 Å². The van der Waals surface area contributed by atoms with Crippen molar-refractivity contribution >= 4 is 27.5 Å². The van der Waals surface area contributed by atoms with Crippen LogP contribution < -0.4 is 10.0 Å². The van der Waals surface area contributed by atoms with Gasteiger partial charge in [0.15, 0.2) is 0 Å². The zero-order chi connectivity index (χ0) is 21.7. The summed E-state index contributed by atoms with van der Waals surface area (Å²) in [5.41, 5.74) is 0.346. The molecule has 1 aliphatic rings. The second-order valence-corrected chi connectivity index (χ2v) is 9.42. The number of hydrogen-bond acceptors (Lipinski definition) is 4. The van der Waals surface area contributed by atoms with Gasteiger partial charge < -0.3 is 5.32 Å². The molecule has 30 heavy (non-hydrogen) atoms. The average molecular weight is 454 g/mol. The molecular formula is C21H25ClFN3O3S. The lowest BCUT2D eigenvalue weighted by atomic mass is 10.0. The Bertz CT molecular complexity index is 962. The zero-order valence-corrected chi connectivity index (χ0v) is 18.2. The van der Waals surface area contributed by atoms with Gasteiger partial charge in [-0.2, -0.15) is 4.72 Å². The van der Waals surface area contributed by atoms with Gasteiger partial charge >= 0.3 is 0 Å². The van der Waals surface area contributed by atoms with Crippen molar-refractivity contribution in [3.8, 4) is 0 Å². The molecule has 2 aromatic rings. The Hall–Kier alpha value is -2.00. The number of likely N-dealkylation sites (tertiary alicyclic amines) is 1. The van der Waals surface area contributed by atoms with E-state index in [0.29, 0.717) is 10.6 Å². The topological polar surface area (TPSA) is 78.5 Å². The van der Waals surface area contributed by atoms with Crippen LogP contribution >= 0.6 is 11.6 Å². The third kappa shape index (κ3) is 5.37. The van der Waals surface area contributed by atoms with Crippen LogP contribution in [-0.4, -0.2) is 44.9 Å². The molecule has 0 aromatic heterocycles. The van der Waals surface area contributed by atoms with Gasteiger partial charge in [-0.1, -0.05) is 35.9 Å². The van der Waals surface area contributed by atoms with Crippen molar-refractivity contribution in [2.24, 2.45) is 0 Å². The van der Waals surface area contributed by atoms with Crippen LogP contribution in [0.25, 0.3) is 0 Å². The number of hydrogen-bond donors (Lipinski definition) is 2. The van der Waals surface area contributed by atoms with Crippen molar-refractivity contribution in [1.82, 2.24) is 14.9 Å². The summed E-state index contributed by atoms with van der Waals surface area (Å²) in [7, 11) is -3.83.